The highest BCUT2D eigenvalue weighted by molar-refractivity contribution is 5.99. The summed E-state index contributed by atoms with van der Waals surface area (Å²) in [5.74, 6) is -0.404. The third-order valence-electron chi connectivity index (χ3n) is 4.88. The number of para-hydroxylation sites is 1. The van der Waals surface area contributed by atoms with Gasteiger partial charge >= 0.3 is 18.0 Å². The van der Waals surface area contributed by atoms with Crippen molar-refractivity contribution in [3.8, 4) is 0 Å². The Morgan fingerprint density at radius 2 is 1.39 bits per heavy atom. The average molecular weight is 447 g/mol. The van der Waals surface area contributed by atoms with Crippen LogP contribution in [0.2, 0.25) is 0 Å². The van der Waals surface area contributed by atoms with Crippen LogP contribution >= 0.6 is 0 Å². The van der Waals surface area contributed by atoms with E-state index in [1.54, 1.807) is 48.5 Å². The lowest BCUT2D eigenvalue weighted by molar-refractivity contribution is 0.0600. The number of carbonyl (C=O) groups excluding carboxylic acids is 3. The molecule has 0 saturated carbocycles. The summed E-state index contributed by atoms with van der Waals surface area (Å²) in [6.45, 7) is 2.19. The van der Waals surface area contributed by atoms with Crippen LogP contribution in [0.3, 0.4) is 0 Å². The number of nitrogens with one attached hydrogen (secondary N) is 4. The van der Waals surface area contributed by atoms with Gasteiger partial charge in [-0.15, -0.1) is 0 Å². The molecule has 0 aliphatic carbocycles. The molecule has 8 nitrogen and oxygen atoms in total. The van der Waals surface area contributed by atoms with Crippen molar-refractivity contribution in [3.05, 3.63) is 95.6 Å². The van der Waals surface area contributed by atoms with E-state index in [1.165, 1.54) is 7.11 Å². The van der Waals surface area contributed by atoms with E-state index in [-0.39, 0.29) is 18.1 Å². The number of hydrogen-bond acceptors (Lipinski definition) is 4. The Kier molecular flexibility index (Phi) is 8.02. The molecule has 0 radical (unpaired) electrons. The molecule has 33 heavy (non-hydrogen) atoms. The van der Waals surface area contributed by atoms with Crippen LogP contribution in [0.25, 0.3) is 0 Å². The maximum absolute atomic E-state index is 12.2. The van der Waals surface area contributed by atoms with Crippen molar-refractivity contribution in [2.75, 3.05) is 17.7 Å². The van der Waals surface area contributed by atoms with E-state index < -0.39 is 5.97 Å². The molecule has 4 amide bonds. The van der Waals surface area contributed by atoms with Gasteiger partial charge in [-0.05, 0) is 54.4 Å². The zero-order valence-electron chi connectivity index (χ0n) is 18.4. The smallest absolute Gasteiger partial charge is 0.337 e. The van der Waals surface area contributed by atoms with Crippen molar-refractivity contribution < 1.29 is 19.1 Å². The van der Waals surface area contributed by atoms with Gasteiger partial charge in [0.1, 0.15) is 0 Å². The second-order valence-electron chi connectivity index (χ2n) is 7.30. The lowest BCUT2D eigenvalue weighted by Crippen LogP contribution is -2.36. The minimum Gasteiger partial charge on any atom is -0.465 e. The normalized spacial score (nSPS) is 11.1. The van der Waals surface area contributed by atoms with Crippen LogP contribution < -0.4 is 21.3 Å². The number of esters is 1. The molecular formula is C25H26N4O4. The summed E-state index contributed by atoms with van der Waals surface area (Å²) >= 11 is 0. The van der Waals surface area contributed by atoms with E-state index in [4.69, 9.17) is 0 Å². The van der Waals surface area contributed by atoms with E-state index >= 15 is 0 Å². The Bertz CT molecular complexity index is 1080. The summed E-state index contributed by atoms with van der Waals surface area (Å²) in [4.78, 5) is 35.8. The van der Waals surface area contributed by atoms with Crippen molar-refractivity contribution in [2.24, 2.45) is 0 Å². The molecule has 8 heteroatoms. The van der Waals surface area contributed by atoms with Gasteiger partial charge in [0, 0.05) is 17.9 Å². The Labute approximate surface area is 192 Å². The fourth-order valence-corrected chi connectivity index (χ4v) is 3.06. The van der Waals surface area contributed by atoms with Crippen LogP contribution in [0.1, 0.15) is 34.5 Å². The largest absolute Gasteiger partial charge is 0.465 e. The zero-order chi connectivity index (χ0) is 23.6. The number of urea groups is 2. The van der Waals surface area contributed by atoms with Gasteiger partial charge in [-0.3, -0.25) is 0 Å². The molecule has 0 saturated heterocycles. The Balaban J connectivity index is 1.45. The Hall–Kier alpha value is -4.33. The van der Waals surface area contributed by atoms with Crippen molar-refractivity contribution in [1.29, 1.82) is 0 Å². The third-order valence-corrected chi connectivity index (χ3v) is 4.88. The summed E-state index contributed by atoms with van der Waals surface area (Å²) in [5.41, 5.74) is 3.54. The molecule has 0 bridgehead atoms. The molecule has 0 heterocycles. The van der Waals surface area contributed by atoms with Gasteiger partial charge in [0.2, 0.25) is 0 Å². The molecule has 4 N–H and O–H groups in total. The fraction of sp³-hybridized carbons (Fsp3) is 0.160. The minimum atomic E-state index is -0.404. The van der Waals surface area contributed by atoms with Gasteiger partial charge in [0.25, 0.3) is 0 Å². The van der Waals surface area contributed by atoms with E-state index in [2.05, 4.69) is 26.0 Å². The summed E-state index contributed by atoms with van der Waals surface area (Å²) in [5, 5.41) is 11.2. The number of rotatable bonds is 7. The first-order chi connectivity index (χ1) is 15.9. The molecule has 0 spiro atoms. The highest BCUT2D eigenvalue weighted by Gasteiger charge is 2.10. The van der Waals surface area contributed by atoms with Crippen molar-refractivity contribution >= 4 is 29.4 Å². The number of benzene rings is 3. The SMILES string of the molecule is COC(=O)c1ccc(CNC(=O)NC(C)c2ccc(NC(=O)Nc3ccccc3)cc2)cc1. The summed E-state index contributed by atoms with van der Waals surface area (Å²) in [6.07, 6.45) is 0. The Morgan fingerprint density at radius 1 is 0.788 bits per heavy atom. The first kappa shape index (κ1) is 23.3. The van der Waals surface area contributed by atoms with Crippen LogP contribution in [0, 0.1) is 0 Å². The predicted molar refractivity (Wildman–Crippen MR) is 127 cm³/mol. The number of methoxy groups -OCH3 is 1. The molecule has 3 rings (SSSR count). The van der Waals surface area contributed by atoms with E-state index in [0.717, 1.165) is 11.1 Å². The molecule has 3 aromatic carbocycles. The number of carbonyl (C=O) groups is 3. The lowest BCUT2D eigenvalue weighted by Gasteiger charge is -2.16. The molecule has 0 aromatic heterocycles. The molecule has 1 atom stereocenters. The highest BCUT2D eigenvalue weighted by atomic mass is 16.5. The molecule has 1 unspecified atom stereocenters. The second kappa shape index (κ2) is 11.3. The number of ether oxygens (including phenoxy) is 1. The summed E-state index contributed by atoms with van der Waals surface area (Å²) < 4.78 is 4.67. The predicted octanol–water partition coefficient (Wildman–Crippen LogP) is 4.68. The summed E-state index contributed by atoms with van der Waals surface area (Å²) in [6, 6.07) is 22.3. The quantitative estimate of drug-likeness (QED) is 0.395. The van der Waals surface area contributed by atoms with Crippen LogP contribution in [0.4, 0.5) is 21.0 Å². The molecule has 0 aliphatic rings. The summed E-state index contributed by atoms with van der Waals surface area (Å²) in [7, 11) is 1.33. The maximum atomic E-state index is 12.2. The molecule has 0 fully saturated rings. The van der Waals surface area contributed by atoms with Gasteiger partial charge in [-0.25, -0.2) is 14.4 Å². The first-order valence-corrected chi connectivity index (χ1v) is 10.4. The molecule has 170 valence electrons. The van der Waals surface area contributed by atoms with E-state index in [1.807, 2.05) is 37.3 Å². The Morgan fingerprint density at radius 3 is 2.00 bits per heavy atom. The van der Waals surface area contributed by atoms with E-state index in [9.17, 15) is 14.4 Å². The van der Waals surface area contributed by atoms with Crippen LogP contribution in [-0.2, 0) is 11.3 Å². The molecular weight excluding hydrogens is 420 g/mol. The zero-order valence-corrected chi connectivity index (χ0v) is 18.4. The topological polar surface area (TPSA) is 109 Å². The number of anilines is 2. The van der Waals surface area contributed by atoms with Crippen molar-refractivity contribution in [2.45, 2.75) is 19.5 Å². The van der Waals surface area contributed by atoms with Crippen LogP contribution in [-0.4, -0.2) is 25.1 Å². The number of hydrogen-bond donors (Lipinski definition) is 4. The van der Waals surface area contributed by atoms with Gasteiger partial charge < -0.3 is 26.0 Å². The van der Waals surface area contributed by atoms with Crippen LogP contribution in [0.5, 0.6) is 0 Å². The van der Waals surface area contributed by atoms with Gasteiger partial charge in [-0.2, -0.15) is 0 Å². The third kappa shape index (κ3) is 7.10. The fourth-order valence-electron chi connectivity index (χ4n) is 3.06. The van der Waals surface area contributed by atoms with Gasteiger partial charge in [-0.1, -0.05) is 42.5 Å². The van der Waals surface area contributed by atoms with Crippen LogP contribution in [0.15, 0.2) is 78.9 Å². The van der Waals surface area contributed by atoms with E-state index in [0.29, 0.717) is 23.5 Å². The average Bonchev–Trinajstić information content (AvgIpc) is 2.83. The monoisotopic (exact) mass is 446 g/mol. The molecule has 0 aliphatic heterocycles. The van der Waals surface area contributed by atoms with Gasteiger partial charge in [0.15, 0.2) is 0 Å². The highest BCUT2D eigenvalue weighted by Crippen LogP contribution is 2.16. The van der Waals surface area contributed by atoms with Crippen molar-refractivity contribution in [3.63, 3.8) is 0 Å². The minimum absolute atomic E-state index is 0.237. The first-order valence-electron chi connectivity index (χ1n) is 10.4. The number of amides is 4. The van der Waals surface area contributed by atoms with Gasteiger partial charge in [0.05, 0.1) is 18.7 Å². The standard InChI is InChI=1S/C25H26N4O4/c1-17(27-24(31)26-16-18-8-10-20(11-9-18)23(30)33-2)19-12-14-22(15-13-19)29-25(32)28-21-6-4-3-5-7-21/h3-15,17H,16H2,1-2H3,(H2,26,27,31)(H2,28,29,32). The second-order valence-corrected chi connectivity index (χ2v) is 7.30. The molecule has 3 aromatic rings. The lowest BCUT2D eigenvalue weighted by atomic mass is 10.1. The van der Waals surface area contributed by atoms with Crippen molar-refractivity contribution in [1.82, 2.24) is 10.6 Å². The maximum Gasteiger partial charge on any atom is 0.337 e.